The van der Waals surface area contributed by atoms with Crippen LogP contribution in [0.2, 0.25) is 0 Å². The SMILES string of the molecule is CCN(CCC(=O)O)C(=O)C1CCOC1. The van der Waals surface area contributed by atoms with Crippen LogP contribution in [0.1, 0.15) is 19.8 Å². The van der Waals surface area contributed by atoms with Gasteiger partial charge in [-0.1, -0.05) is 0 Å². The van der Waals surface area contributed by atoms with Gasteiger partial charge in [0, 0.05) is 19.7 Å². The lowest BCUT2D eigenvalue weighted by molar-refractivity contribution is -0.139. The molecule has 1 saturated heterocycles. The Kier molecular flexibility index (Phi) is 4.55. The quantitative estimate of drug-likeness (QED) is 0.718. The van der Waals surface area contributed by atoms with Crippen molar-refractivity contribution in [1.82, 2.24) is 4.90 Å². The summed E-state index contributed by atoms with van der Waals surface area (Å²) in [5.41, 5.74) is 0. The summed E-state index contributed by atoms with van der Waals surface area (Å²) in [5.74, 6) is -0.918. The summed E-state index contributed by atoms with van der Waals surface area (Å²) in [4.78, 5) is 23.8. The molecule has 0 radical (unpaired) electrons. The highest BCUT2D eigenvalue weighted by atomic mass is 16.5. The van der Waals surface area contributed by atoms with E-state index in [9.17, 15) is 9.59 Å². The summed E-state index contributed by atoms with van der Waals surface area (Å²) >= 11 is 0. The number of rotatable bonds is 5. The van der Waals surface area contributed by atoms with Crippen molar-refractivity contribution in [2.45, 2.75) is 19.8 Å². The molecule has 1 aliphatic heterocycles. The smallest absolute Gasteiger partial charge is 0.305 e. The molecule has 5 heteroatoms. The Balaban J connectivity index is 2.42. The largest absolute Gasteiger partial charge is 0.481 e. The molecule has 1 amide bonds. The first kappa shape index (κ1) is 12.0. The summed E-state index contributed by atoms with van der Waals surface area (Å²) in [5, 5.41) is 8.54. The van der Waals surface area contributed by atoms with Crippen LogP contribution in [0.25, 0.3) is 0 Å². The van der Waals surface area contributed by atoms with E-state index in [-0.39, 0.29) is 18.2 Å². The molecule has 0 spiro atoms. The minimum atomic E-state index is -0.871. The van der Waals surface area contributed by atoms with Crippen LogP contribution in [-0.2, 0) is 14.3 Å². The second kappa shape index (κ2) is 5.70. The molecule has 0 bridgehead atoms. The molecular weight excluding hydrogens is 198 g/mol. The normalized spacial score (nSPS) is 20.2. The highest BCUT2D eigenvalue weighted by molar-refractivity contribution is 5.79. The average molecular weight is 215 g/mol. The monoisotopic (exact) mass is 215 g/mol. The van der Waals surface area contributed by atoms with E-state index in [4.69, 9.17) is 9.84 Å². The van der Waals surface area contributed by atoms with Gasteiger partial charge in [-0.2, -0.15) is 0 Å². The molecule has 1 N–H and O–H groups in total. The molecule has 15 heavy (non-hydrogen) atoms. The van der Waals surface area contributed by atoms with Crippen LogP contribution in [0.3, 0.4) is 0 Å². The Labute approximate surface area is 89.0 Å². The fraction of sp³-hybridized carbons (Fsp3) is 0.800. The molecule has 1 aliphatic rings. The molecule has 1 rings (SSSR count). The summed E-state index contributed by atoms with van der Waals surface area (Å²) in [6, 6.07) is 0. The number of carboxylic acids is 1. The average Bonchev–Trinajstić information content (AvgIpc) is 2.70. The third-order valence-electron chi connectivity index (χ3n) is 2.57. The first-order valence-corrected chi connectivity index (χ1v) is 5.23. The second-order valence-electron chi connectivity index (χ2n) is 3.62. The molecular formula is C10H17NO4. The summed E-state index contributed by atoms with van der Waals surface area (Å²) in [7, 11) is 0. The lowest BCUT2D eigenvalue weighted by Crippen LogP contribution is -2.37. The molecule has 1 fully saturated rings. The van der Waals surface area contributed by atoms with Gasteiger partial charge in [0.25, 0.3) is 0 Å². The molecule has 0 aromatic carbocycles. The van der Waals surface area contributed by atoms with E-state index in [1.54, 1.807) is 4.90 Å². The van der Waals surface area contributed by atoms with Crippen LogP contribution < -0.4 is 0 Å². The lowest BCUT2D eigenvalue weighted by atomic mass is 10.1. The van der Waals surface area contributed by atoms with E-state index in [0.717, 1.165) is 6.42 Å². The van der Waals surface area contributed by atoms with Gasteiger partial charge in [0.15, 0.2) is 0 Å². The van der Waals surface area contributed by atoms with Crippen molar-refractivity contribution >= 4 is 11.9 Å². The number of amides is 1. The predicted octanol–water partition coefficient (Wildman–Crippen LogP) is 0.346. The first-order valence-electron chi connectivity index (χ1n) is 5.23. The van der Waals surface area contributed by atoms with E-state index in [2.05, 4.69) is 0 Å². The number of nitrogens with zero attached hydrogens (tertiary/aromatic N) is 1. The minimum absolute atomic E-state index is 0.00710. The lowest BCUT2D eigenvalue weighted by Gasteiger charge is -2.22. The number of hydrogen-bond acceptors (Lipinski definition) is 3. The Morgan fingerprint density at radius 3 is 2.73 bits per heavy atom. The zero-order valence-electron chi connectivity index (χ0n) is 8.94. The third kappa shape index (κ3) is 3.51. The Morgan fingerprint density at radius 1 is 1.53 bits per heavy atom. The Morgan fingerprint density at radius 2 is 2.27 bits per heavy atom. The van der Waals surface area contributed by atoms with E-state index in [1.807, 2.05) is 6.92 Å². The minimum Gasteiger partial charge on any atom is -0.481 e. The van der Waals surface area contributed by atoms with Gasteiger partial charge in [0.05, 0.1) is 18.9 Å². The molecule has 0 aromatic rings. The fourth-order valence-electron chi connectivity index (χ4n) is 1.64. The Hall–Kier alpha value is -1.10. The van der Waals surface area contributed by atoms with Gasteiger partial charge >= 0.3 is 5.97 Å². The highest BCUT2D eigenvalue weighted by Gasteiger charge is 2.27. The molecule has 0 aliphatic carbocycles. The zero-order chi connectivity index (χ0) is 11.3. The number of hydrogen-bond donors (Lipinski definition) is 1. The van der Waals surface area contributed by atoms with Gasteiger partial charge in [-0.3, -0.25) is 9.59 Å². The van der Waals surface area contributed by atoms with E-state index >= 15 is 0 Å². The highest BCUT2D eigenvalue weighted by Crippen LogP contribution is 2.15. The van der Waals surface area contributed by atoms with Crippen LogP contribution >= 0.6 is 0 Å². The van der Waals surface area contributed by atoms with Gasteiger partial charge in [0.1, 0.15) is 0 Å². The van der Waals surface area contributed by atoms with Crippen LogP contribution in [0.5, 0.6) is 0 Å². The van der Waals surface area contributed by atoms with Crippen molar-refractivity contribution in [2.24, 2.45) is 5.92 Å². The number of aliphatic carboxylic acids is 1. The van der Waals surface area contributed by atoms with Gasteiger partial charge in [-0.15, -0.1) is 0 Å². The Bertz CT molecular complexity index is 236. The molecule has 5 nitrogen and oxygen atoms in total. The topological polar surface area (TPSA) is 66.8 Å². The number of ether oxygens (including phenoxy) is 1. The number of carbonyl (C=O) groups excluding carboxylic acids is 1. The molecule has 0 saturated carbocycles. The number of carbonyl (C=O) groups is 2. The fourth-order valence-corrected chi connectivity index (χ4v) is 1.64. The van der Waals surface area contributed by atoms with Crippen LogP contribution in [0.4, 0.5) is 0 Å². The van der Waals surface area contributed by atoms with Gasteiger partial charge in [-0.05, 0) is 13.3 Å². The second-order valence-corrected chi connectivity index (χ2v) is 3.62. The van der Waals surface area contributed by atoms with Crippen molar-refractivity contribution in [3.63, 3.8) is 0 Å². The number of carboxylic acid groups (broad SMARTS) is 1. The predicted molar refractivity (Wildman–Crippen MR) is 53.4 cm³/mol. The summed E-state index contributed by atoms with van der Waals surface area (Å²) in [6.07, 6.45) is 0.759. The van der Waals surface area contributed by atoms with Gasteiger partial charge < -0.3 is 14.7 Å². The maximum atomic E-state index is 11.8. The molecule has 1 heterocycles. The summed E-state index contributed by atoms with van der Waals surface area (Å²) in [6.45, 7) is 3.81. The van der Waals surface area contributed by atoms with Crippen molar-refractivity contribution < 1.29 is 19.4 Å². The molecule has 86 valence electrons. The molecule has 0 aromatic heterocycles. The zero-order valence-corrected chi connectivity index (χ0v) is 8.94. The van der Waals surface area contributed by atoms with E-state index in [0.29, 0.717) is 26.3 Å². The first-order chi connectivity index (χ1) is 7.15. The standard InChI is InChI=1S/C10H17NO4/c1-2-11(5-3-9(12)13)10(14)8-4-6-15-7-8/h8H,2-7H2,1H3,(H,12,13). The summed E-state index contributed by atoms with van der Waals surface area (Å²) < 4.78 is 5.13. The van der Waals surface area contributed by atoms with Crippen molar-refractivity contribution in [3.05, 3.63) is 0 Å². The maximum Gasteiger partial charge on any atom is 0.305 e. The van der Waals surface area contributed by atoms with Crippen LogP contribution in [0, 0.1) is 5.92 Å². The molecule has 1 unspecified atom stereocenters. The maximum absolute atomic E-state index is 11.8. The molecule has 1 atom stereocenters. The van der Waals surface area contributed by atoms with Crippen LogP contribution in [-0.4, -0.2) is 48.2 Å². The van der Waals surface area contributed by atoms with E-state index < -0.39 is 5.97 Å². The van der Waals surface area contributed by atoms with Gasteiger partial charge in [-0.25, -0.2) is 0 Å². The third-order valence-corrected chi connectivity index (χ3v) is 2.57. The van der Waals surface area contributed by atoms with Crippen LogP contribution in [0.15, 0.2) is 0 Å². The van der Waals surface area contributed by atoms with Crippen molar-refractivity contribution in [2.75, 3.05) is 26.3 Å². The van der Waals surface area contributed by atoms with E-state index in [1.165, 1.54) is 0 Å². The van der Waals surface area contributed by atoms with Gasteiger partial charge in [0.2, 0.25) is 5.91 Å². The van der Waals surface area contributed by atoms with Crippen molar-refractivity contribution in [1.29, 1.82) is 0 Å². The van der Waals surface area contributed by atoms with Crippen molar-refractivity contribution in [3.8, 4) is 0 Å².